The molecule has 1 amide bonds. The lowest BCUT2D eigenvalue weighted by atomic mass is 10.0. The van der Waals surface area contributed by atoms with Gasteiger partial charge in [-0.3, -0.25) is 13.6 Å². The largest absolute Gasteiger partial charge is 0.768 e. The van der Waals surface area contributed by atoms with Crippen molar-refractivity contribution in [1.29, 1.82) is 0 Å². The molecule has 0 saturated carbocycles. The maximum absolute atomic E-state index is 12.2. The summed E-state index contributed by atoms with van der Waals surface area (Å²) in [5.74, 6) is -0.953. The highest BCUT2D eigenvalue weighted by molar-refractivity contribution is 7.85. The molecule has 0 saturated heterocycles. The van der Waals surface area contributed by atoms with Gasteiger partial charge in [-0.15, -0.1) is 10.2 Å². The van der Waals surface area contributed by atoms with Crippen molar-refractivity contribution < 1.29 is 31.6 Å². The third kappa shape index (κ3) is 5.09. The standard InChI is InChI=1S/C25H23N3O7S2/c1-4-15-6-5-7-19-18(15)8-9-20(25(19)36(31)32)27-28-23-13(2)10-16-11-17(37(33,34)35)12-21(26-14(3)29)22(16)24(23)30/h5-12,30H,4H2,1-3H3,(H,26,29)(H,31,32)(H,33,34,35)/p-1. The molecule has 4 aromatic carbocycles. The number of anilines is 1. The van der Waals surface area contributed by atoms with Gasteiger partial charge in [0.1, 0.15) is 11.4 Å². The van der Waals surface area contributed by atoms with Crippen molar-refractivity contribution in [3.8, 4) is 5.75 Å². The molecule has 192 valence electrons. The van der Waals surface area contributed by atoms with Crippen LogP contribution in [-0.2, 0) is 32.4 Å². The van der Waals surface area contributed by atoms with Gasteiger partial charge in [-0.25, -0.2) is 0 Å². The SMILES string of the molecule is CCc1cccc2c(S(=O)[O-])c(N=Nc3c(C)cc4cc(S(=O)(=O)O)cc(NC(C)=O)c4c3O)ccc12. The summed E-state index contributed by atoms with van der Waals surface area (Å²) in [6, 6.07) is 12.3. The number of hydrogen-bond donors (Lipinski definition) is 3. The highest BCUT2D eigenvalue weighted by Crippen LogP contribution is 2.44. The molecule has 0 heterocycles. The molecule has 3 N–H and O–H groups in total. The molecule has 0 aromatic heterocycles. The topological polar surface area (TPSA) is 169 Å². The lowest BCUT2D eigenvalue weighted by molar-refractivity contribution is -0.114. The molecule has 0 spiro atoms. The summed E-state index contributed by atoms with van der Waals surface area (Å²) in [6.45, 7) is 4.76. The molecule has 12 heteroatoms. The lowest BCUT2D eigenvalue weighted by Gasteiger charge is -2.15. The number of amides is 1. The Kier molecular flexibility index (Phi) is 7.11. The quantitative estimate of drug-likeness (QED) is 0.166. The van der Waals surface area contributed by atoms with E-state index in [-0.39, 0.29) is 32.7 Å². The number of nitrogens with one attached hydrogen (secondary N) is 1. The molecule has 0 aliphatic heterocycles. The number of phenols is 1. The van der Waals surface area contributed by atoms with E-state index in [2.05, 4.69) is 15.5 Å². The van der Waals surface area contributed by atoms with Crippen LogP contribution in [0.1, 0.15) is 25.0 Å². The first-order chi connectivity index (χ1) is 17.4. The maximum atomic E-state index is 12.2. The second-order valence-corrected chi connectivity index (χ2v) is 10.6. The van der Waals surface area contributed by atoms with Crippen LogP contribution >= 0.6 is 0 Å². The van der Waals surface area contributed by atoms with Crippen LogP contribution in [0.3, 0.4) is 0 Å². The number of aryl methyl sites for hydroxylation is 2. The summed E-state index contributed by atoms with van der Waals surface area (Å²) in [4.78, 5) is 11.2. The van der Waals surface area contributed by atoms with Gasteiger partial charge >= 0.3 is 0 Å². The zero-order valence-corrected chi connectivity index (χ0v) is 21.6. The Morgan fingerprint density at radius 1 is 1.11 bits per heavy atom. The number of benzene rings is 4. The Hall–Kier alpha value is -3.71. The predicted molar refractivity (Wildman–Crippen MR) is 139 cm³/mol. The molecule has 10 nitrogen and oxygen atoms in total. The minimum atomic E-state index is -4.60. The first-order valence-electron chi connectivity index (χ1n) is 11.0. The Morgan fingerprint density at radius 3 is 2.46 bits per heavy atom. The second kappa shape index (κ2) is 9.98. The smallest absolute Gasteiger partial charge is 0.294 e. The third-order valence-corrected chi connectivity index (χ3v) is 7.44. The monoisotopic (exact) mass is 540 g/mol. The van der Waals surface area contributed by atoms with Crippen molar-refractivity contribution in [2.45, 2.75) is 37.0 Å². The fraction of sp³-hybridized carbons (Fsp3) is 0.160. The van der Waals surface area contributed by atoms with E-state index in [1.807, 2.05) is 13.0 Å². The van der Waals surface area contributed by atoms with Gasteiger partial charge in [-0.05, 0) is 76.0 Å². The normalized spacial score (nSPS) is 12.9. The number of hydrogen-bond acceptors (Lipinski definition) is 8. The first-order valence-corrected chi connectivity index (χ1v) is 13.5. The maximum Gasteiger partial charge on any atom is 0.294 e. The zero-order valence-electron chi connectivity index (χ0n) is 20.0. The van der Waals surface area contributed by atoms with Crippen LogP contribution in [0.4, 0.5) is 17.1 Å². The van der Waals surface area contributed by atoms with E-state index < -0.39 is 37.8 Å². The number of fused-ring (bicyclic) bond motifs is 2. The zero-order chi connectivity index (χ0) is 27.1. The molecule has 0 radical (unpaired) electrons. The van der Waals surface area contributed by atoms with Crippen LogP contribution in [0.2, 0.25) is 0 Å². The molecule has 0 aliphatic carbocycles. The molecule has 1 atom stereocenters. The van der Waals surface area contributed by atoms with Crippen molar-refractivity contribution in [3.63, 3.8) is 0 Å². The Bertz CT molecular complexity index is 1750. The van der Waals surface area contributed by atoms with Gasteiger partial charge in [-0.2, -0.15) is 8.42 Å². The number of azo groups is 1. The van der Waals surface area contributed by atoms with Gasteiger partial charge < -0.3 is 15.0 Å². The minimum Gasteiger partial charge on any atom is -0.768 e. The summed E-state index contributed by atoms with van der Waals surface area (Å²) >= 11 is -2.63. The number of phenolic OH excluding ortho intramolecular Hbond substituents is 1. The molecule has 37 heavy (non-hydrogen) atoms. The van der Waals surface area contributed by atoms with Crippen LogP contribution < -0.4 is 5.32 Å². The molecule has 4 aromatic rings. The highest BCUT2D eigenvalue weighted by Gasteiger charge is 2.20. The van der Waals surface area contributed by atoms with Crippen LogP contribution in [0.15, 0.2) is 68.6 Å². The van der Waals surface area contributed by atoms with Crippen molar-refractivity contribution in [2.75, 3.05) is 5.32 Å². The van der Waals surface area contributed by atoms with Gasteiger partial charge in [0.2, 0.25) is 5.91 Å². The van der Waals surface area contributed by atoms with Crippen LogP contribution in [0, 0.1) is 6.92 Å². The number of carbonyl (C=O) groups excluding carboxylic acids is 1. The van der Waals surface area contributed by atoms with Gasteiger partial charge in [0.15, 0.2) is 5.75 Å². The van der Waals surface area contributed by atoms with Crippen molar-refractivity contribution in [1.82, 2.24) is 0 Å². The van der Waals surface area contributed by atoms with E-state index in [1.165, 1.54) is 19.1 Å². The average molecular weight is 541 g/mol. The second-order valence-electron chi connectivity index (χ2n) is 8.33. The van der Waals surface area contributed by atoms with Crippen LogP contribution in [0.5, 0.6) is 5.75 Å². The summed E-state index contributed by atoms with van der Waals surface area (Å²) in [7, 11) is -4.60. The third-order valence-electron chi connectivity index (χ3n) is 5.84. The molecule has 4 rings (SSSR count). The fourth-order valence-electron chi connectivity index (χ4n) is 4.24. The number of rotatable bonds is 6. The van der Waals surface area contributed by atoms with E-state index in [9.17, 15) is 31.6 Å². The van der Waals surface area contributed by atoms with E-state index in [4.69, 9.17) is 0 Å². The molecular weight excluding hydrogens is 518 g/mol. The van der Waals surface area contributed by atoms with Crippen molar-refractivity contribution >= 4 is 65.7 Å². The van der Waals surface area contributed by atoms with Crippen LogP contribution in [0.25, 0.3) is 21.5 Å². The first kappa shape index (κ1) is 26.4. The van der Waals surface area contributed by atoms with E-state index >= 15 is 0 Å². The highest BCUT2D eigenvalue weighted by atomic mass is 32.2. The van der Waals surface area contributed by atoms with Gasteiger partial charge in [0, 0.05) is 12.3 Å². The van der Waals surface area contributed by atoms with E-state index in [0.29, 0.717) is 17.4 Å². The van der Waals surface area contributed by atoms with E-state index in [0.717, 1.165) is 23.1 Å². The molecule has 1 unspecified atom stereocenters. The Balaban J connectivity index is 1.94. The summed E-state index contributed by atoms with van der Waals surface area (Å²) in [5, 5.41) is 23.3. The van der Waals surface area contributed by atoms with Crippen LogP contribution in [-0.4, -0.2) is 32.7 Å². The number of nitrogens with zero attached hydrogens (tertiary/aromatic N) is 2. The van der Waals surface area contributed by atoms with Gasteiger partial charge in [-0.1, -0.05) is 31.2 Å². The molecule has 0 fully saturated rings. The molecular formula is C25H22N3O7S2-. The summed E-state index contributed by atoms with van der Waals surface area (Å²) < 4.78 is 57.3. The summed E-state index contributed by atoms with van der Waals surface area (Å²) in [6.07, 6.45) is 0.712. The lowest BCUT2D eigenvalue weighted by Crippen LogP contribution is -2.08. The number of carbonyl (C=O) groups is 1. The molecule has 0 bridgehead atoms. The Morgan fingerprint density at radius 2 is 1.84 bits per heavy atom. The Labute approximate surface area is 215 Å². The predicted octanol–water partition coefficient (Wildman–Crippen LogP) is 5.43. The van der Waals surface area contributed by atoms with E-state index in [1.54, 1.807) is 25.1 Å². The minimum absolute atomic E-state index is 0.0104. The van der Waals surface area contributed by atoms with Gasteiger partial charge in [0.25, 0.3) is 10.1 Å². The molecule has 0 aliphatic rings. The summed E-state index contributed by atoms with van der Waals surface area (Å²) in [5.41, 5.74) is 1.35. The number of aromatic hydroxyl groups is 1. The average Bonchev–Trinajstić information content (AvgIpc) is 2.81. The fourth-order valence-corrected chi connectivity index (χ4v) is 5.42. The van der Waals surface area contributed by atoms with Crippen molar-refractivity contribution in [3.05, 3.63) is 59.7 Å². The van der Waals surface area contributed by atoms with Gasteiger partial charge in [0.05, 0.1) is 15.5 Å². The van der Waals surface area contributed by atoms with Crippen molar-refractivity contribution in [2.24, 2.45) is 10.2 Å².